The average molecular weight is 308 g/mol. The normalized spacial score (nSPS) is 10.5. The Hall–Kier alpha value is -2.26. The molecular formula is C19H16O2S. The van der Waals surface area contributed by atoms with Gasteiger partial charge in [-0.3, -0.25) is 4.79 Å². The van der Waals surface area contributed by atoms with Crippen molar-refractivity contribution >= 4 is 17.5 Å². The van der Waals surface area contributed by atoms with Crippen molar-refractivity contribution in [1.29, 1.82) is 0 Å². The fraction of sp³-hybridized carbons (Fsp3) is 0.105. The van der Waals surface area contributed by atoms with Gasteiger partial charge in [-0.15, -0.1) is 11.8 Å². The second kappa shape index (κ2) is 7.14. The van der Waals surface area contributed by atoms with Crippen LogP contribution in [0.2, 0.25) is 0 Å². The molecule has 0 saturated carbocycles. The number of furan rings is 1. The van der Waals surface area contributed by atoms with E-state index in [2.05, 4.69) is 12.1 Å². The van der Waals surface area contributed by atoms with E-state index in [0.29, 0.717) is 5.75 Å². The van der Waals surface area contributed by atoms with E-state index in [1.807, 2.05) is 54.6 Å². The SMILES string of the molecule is O=C(CSCc1ccco1)c1ccc(-c2ccccc2)cc1. The molecule has 0 atom stereocenters. The summed E-state index contributed by atoms with van der Waals surface area (Å²) in [6.45, 7) is 0. The number of benzene rings is 2. The predicted molar refractivity (Wildman–Crippen MR) is 91.1 cm³/mol. The maximum Gasteiger partial charge on any atom is 0.172 e. The Labute approximate surface area is 134 Å². The fourth-order valence-electron chi connectivity index (χ4n) is 2.20. The second-order valence-corrected chi connectivity index (χ2v) is 5.92. The first kappa shape index (κ1) is 14.7. The third-order valence-corrected chi connectivity index (χ3v) is 4.33. The highest BCUT2D eigenvalue weighted by atomic mass is 32.2. The molecule has 0 amide bonds. The highest BCUT2D eigenvalue weighted by molar-refractivity contribution is 7.99. The number of thioether (sulfide) groups is 1. The van der Waals surface area contributed by atoms with Gasteiger partial charge in [0.25, 0.3) is 0 Å². The van der Waals surface area contributed by atoms with Crippen LogP contribution in [-0.4, -0.2) is 11.5 Å². The molecule has 0 fully saturated rings. The molecule has 1 aromatic heterocycles. The molecule has 0 bridgehead atoms. The maximum atomic E-state index is 12.2. The van der Waals surface area contributed by atoms with Crippen LogP contribution in [0.15, 0.2) is 77.4 Å². The minimum Gasteiger partial charge on any atom is -0.468 e. The summed E-state index contributed by atoms with van der Waals surface area (Å²) in [5.74, 6) is 2.24. The molecule has 2 nitrogen and oxygen atoms in total. The van der Waals surface area contributed by atoms with Gasteiger partial charge in [-0.1, -0.05) is 54.6 Å². The zero-order chi connectivity index (χ0) is 15.2. The lowest BCUT2D eigenvalue weighted by atomic mass is 10.0. The van der Waals surface area contributed by atoms with Crippen LogP contribution in [0.1, 0.15) is 16.1 Å². The first-order valence-electron chi connectivity index (χ1n) is 7.12. The maximum absolute atomic E-state index is 12.2. The molecule has 0 aliphatic carbocycles. The van der Waals surface area contributed by atoms with E-state index in [-0.39, 0.29) is 5.78 Å². The number of Topliss-reactive ketones (excluding diaryl/α,β-unsaturated/α-hetero) is 1. The monoisotopic (exact) mass is 308 g/mol. The lowest BCUT2D eigenvalue weighted by Gasteiger charge is -2.04. The molecule has 0 saturated heterocycles. The molecule has 3 heteroatoms. The minimum absolute atomic E-state index is 0.149. The van der Waals surface area contributed by atoms with Crippen LogP contribution in [-0.2, 0) is 5.75 Å². The minimum atomic E-state index is 0.149. The Kier molecular flexibility index (Phi) is 4.76. The number of ketones is 1. The van der Waals surface area contributed by atoms with Crippen molar-refractivity contribution in [2.75, 3.05) is 5.75 Å². The van der Waals surface area contributed by atoms with Gasteiger partial charge in [0, 0.05) is 5.56 Å². The average Bonchev–Trinajstić information content (AvgIpc) is 3.09. The van der Waals surface area contributed by atoms with Gasteiger partial charge in [0.2, 0.25) is 0 Å². The van der Waals surface area contributed by atoms with Crippen LogP contribution in [0.3, 0.4) is 0 Å². The standard InChI is InChI=1S/C19H16O2S/c20-19(14-22-13-18-7-4-12-21-18)17-10-8-16(9-11-17)15-5-2-1-3-6-15/h1-12H,13-14H2. The Balaban J connectivity index is 1.59. The molecule has 3 aromatic rings. The van der Waals surface area contributed by atoms with Gasteiger partial charge in [-0.2, -0.15) is 0 Å². The molecular weight excluding hydrogens is 292 g/mol. The fourth-order valence-corrected chi connectivity index (χ4v) is 3.02. The summed E-state index contributed by atoms with van der Waals surface area (Å²) in [6.07, 6.45) is 1.65. The molecule has 0 aliphatic heterocycles. The lowest BCUT2D eigenvalue weighted by molar-refractivity contribution is 0.102. The topological polar surface area (TPSA) is 30.2 Å². The highest BCUT2D eigenvalue weighted by Gasteiger charge is 2.07. The van der Waals surface area contributed by atoms with Crippen molar-refractivity contribution in [3.63, 3.8) is 0 Å². The van der Waals surface area contributed by atoms with E-state index < -0.39 is 0 Å². The molecule has 110 valence electrons. The third-order valence-electron chi connectivity index (χ3n) is 3.37. The Morgan fingerprint density at radius 3 is 2.27 bits per heavy atom. The van der Waals surface area contributed by atoms with Crippen LogP contribution < -0.4 is 0 Å². The van der Waals surface area contributed by atoms with Crippen molar-refractivity contribution in [2.24, 2.45) is 0 Å². The summed E-state index contributed by atoms with van der Waals surface area (Å²) in [6, 6.07) is 21.7. The van der Waals surface area contributed by atoms with Crippen LogP contribution in [0.25, 0.3) is 11.1 Å². The summed E-state index contributed by atoms with van der Waals surface area (Å²) >= 11 is 1.57. The molecule has 0 N–H and O–H groups in total. The van der Waals surface area contributed by atoms with E-state index in [0.717, 1.165) is 28.2 Å². The smallest absolute Gasteiger partial charge is 0.172 e. The molecule has 0 unspecified atom stereocenters. The number of carbonyl (C=O) groups is 1. The van der Waals surface area contributed by atoms with E-state index >= 15 is 0 Å². The summed E-state index contributed by atoms with van der Waals surface area (Å²) in [4.78, 5) is 12.2. The second-order valence-electron chi connectivity index (χ2n) is 4.94. The largest absolute Gasteiger partial charge is 0.468 e. The molecule has 1 heterocycles. The quantitative estimate of drug-likeness (QED) is 0.596. The van der Waals surface area contributed by atoms with Gasteiger partial charge >= 0.3 is 0 Å². The van der Waals surface area contributed by atoms with Gasteiger partial charge < -0.3 is 4.42 Å². The number of hydrogen-bond donors (Lipinski definition) is 0. The summed E-state index contributed by atoms with van der Waals surface area (Å²) < 4.78 is 5.25. The predicted octanol–water partition coefficient (Wildman–Crippen LogP) is 5.06. The lowest BCUT2D eigenvalue weighted by Crippen LogP contribution is -2.02. The first-order valence-corrected chi connectivity index (χ1v) is 8.27. The zero-order valence-electron chi connectivity index (χ0n) is 12.1. The van der Waals surface area contributed by atoms with E-state index in [4.69, 9.17) is 4.42 Å². The molecule has 0 spiro atoms. The van der Waals surface area contributed by atoms with Crippen molar-refractivity contribution in [2.45, 2.75) is 5.75 Å². The van der Waals surface area contributed by atoms with Gasteiger partial charge in [0.15, 0.2) is 5.78 Å². The molecule has 2 aromatic carbocycles. The summed E-state index contributed by atoms with van der Waals surface area (Å²) in [7, 11) is 0. The zero-order valence-corrected chi connectivity index (χ0v) is 12.9. The Morgan fingerprint density at radius 2 is 1.59 bits per heavy atom. The van der Waals surface area contributed by atoms with Gasteiger partial charge in [0.05, 0.1) is 17.8 Å². The van der Waals surface area contributed by atoms with Crippen molar-refractivity contribution in [3.8, 4) is 11.1 Å². The summed E-state index contributed by atoms with van der Waals surface area (Å²) in [5.41, 5.74) is 3.04. The van der Waals surface area contributed by atoms with Crippen LogP contribution in [0.4, 0.5) is 0 Å². The molecule has 0 aliphatic rings. The molecule has 0 radical (unpaired) electrons. The third kappa shape index (κ3) is 3.68. The molecule has 3 rings (SSSR count). The van der Waals surface area contributed by atoms with E-state index in [1.54, 1.807) is 18.0 Å². The van der Waals surface area contributed by atoms with Gasteiger partial charge in [-0.05, 0) is 23.3 Å². The van der Waals surface area contributed by atoms with Crippen molar-refractivity contribution in [3.05, 3.63) is 84.3 Å². The van der Waals surface area contributed by atoms with E-state index in [1.165, 1.54) is 0 Å². The van der Waals surface area contributed by atoms with Gasteiger partial charge in [0.1, 0.15) is 5.76 Å². The Morgan fingerprint density at radius 1 is 0.864 bits per heavy atom. The summed E-state index contributed by atoms with van der Waals surface area (Å²) in [5, 5.41) is 0. The first-order chi connectivity index (χ1) is 10.8. The Bertz CT molecular complexity index is 716. The number of carbonyl (C=O) groups excluding carboxylic acids is 1. The van der Waals surface area contributed by atoms with Crippen molar-refractivity contribution in [1.82, 2.24) is 0 Å². The van der Waals surface area contributed by atoms with Crippen LogP contribution in [0, 0.1) is 0 Å². The number of rotatable bonds is 6. The highest BCUT2D eigenvalue weighted by Crippen LogP contribution is 2.20. The number of hydrogen-bond acceptors (Lipinski definition) is 3. The van der Waals surface area contributed by atoms with Gasteiger partial charge in [-0.25, -0.2) is 0 Å². The van der Waals surface area contributed by atoms with E-state index in [9.17, 15) is 4.79 Å². The van der Waals surface area contributed by atoms with Crippen molar-refractivity contribution < 1.29 is 9.21 Å². The molecule has 22 heavy (non-hydrogen) atoms. The van der Waals surface area contributed by atoms with Crippen LogP contribution in [0.5, 0.6) is 0 Å². The van der Waals surface area contributed by atoms with Crippen LogP contribution >= 0.6 is 11.8 Å².